The van der Waals surface area contributed by atoms with E-state index in [2.05, 4.69) is 0 Å². The van der Waals surface area contributed by atoms with Gasteiger partial charge < -0.3 is 9.84 Å². The van der Waals surface area contributed by atoms with E-state index >= 15 is 0 Å². The fraction of sp³-hybridized carbons (Fsp3) is 0.462. The van der Waals surface area contributed by atoms with Crippen LogP contribution in [0, 0.1) is 11.6 Å². The number of hydrogen-bond acceptors (Lipinski definition) is 4. The standard InChI is InChI=1S/C13H16F2O5S/c1-13(2,3)20-4-5-21(18,19)10-7-8(12(16)17)6-9(14)11(10)15/h6-7H,4-5H2,1-3H3,(H,16,17). The molecule has 0 aliphatic heterocycles. The Kier molecular flexibility index (Phi) is 5.06. The van der Waals surface area contributed by atoms with Gasteiger partial charge in [-0.1, -0.05) is 0 Å². The number of benzene rings is 1. The molecule has 0 amide bonds. The topological polar surface area (TPSA) is 80.7 Å². The van der Waals surface area contributed by atoms with E-state index in [4.69, 9.17) is 9.84 Å². The molecule has 1 aromatic carbocycles. The van der Waals surface area contributed by atoms with Crippen molar-refractivity contribution in [1.29, 1.82) is 0 Å². The summed E-state index contributed by atoms with van der Waals surface area (Å²) in [5.41, 5.74) is -1.22. The molecule has 0 fully saturated rings. The first-order valence-electron chi connectivity index (χ1n) is 6.03. The molecule has 0 aromatic heterocycles. The molecule has 1 rings (SSSR count). The van der Waals surface area contributed by atoms with Gasteiger partial charge in [0.15, 0.2) is 21.5 Å². The van der Waals surface area contributed by atoms with Gasteiger partial charge >= 0.3 is 5.97 Å². The van der Waals surface area contributed by atoms with Crippen LogP contribution in [0.4, 0.5) is 8.78 Å². The van der Waals surface area contributed by atoms with Gasteiger partial charge in [-0.05, 0) is 32.9 Å². The van der Waals surface area contributed by atoms with Crippen molar-refractivity contribution in [2.45, 2.75) is 31.3 Å². The lowest BCUT2D eigenvalue weighted by Gasteiger charge is -2.19. The molecule has 1 aromatic rings. The van der Waals surface area contributed by atoms with E-state index in [1.807, 2.05) is 0 Å². The molecule has 21 heavy (non-hydrogen) atoms. The first-order valence-corrected chi connectivity index (χ1v) is 7.68. The predicted octanol–water partition coefficient (Wildman–Crippen LogP) is 2.25. The molecule has 8 heteroatoms. The summed E-state index contributed by atoms with van der Waals surface area (Å²) in [5.74, 6) is -5.23. The Bertz CT molecular complexity index is 647. The zero-order valence-corrected chi connectivity index (χ0v) is 12.6. The average molecular weight is 322 g/mol. The van der Waals surface area contributed by atoms with Crippen molar-refractivity contribution in [3.63, 3.8) is 0 Å². The zero-order valence-electron chi connectivity index (χ0n) is 11.8. The third kappa shape index (κ3) is 4.75. The van der Waals surface area contributed by atoms with Gasteiger partial charge in [-0.25, -0.2) is 22.0 Å². The van der Waals surface area contributed by atoms with Gasteiger partial charge in [-0.15, -0.1) is 0 Å². The summed E-state index contributed by atoms with van der Waals surface area (Å²) in [7, 11) is -4.20. The molecule has 118 valence electrons. The highest BCUT2D eigenvalue weighted by Crippen LogP contribution is 2.21. The van der Waals surface area contributed by atoms with E-state index in [0.717, 1.165) is 0 Å². The minimum Gasteiger partial charge on any atom is -0.478 e. The summed E-state index contributed by atoms with van der Waals surface area (Å²) in [6, 6.07) is 1.04. The fourth-order valence-electron chi connectivity index (χ4n) is 1.48. The monoisotopic (exact) mass is 322 g/mol. The van der Waals surface area contributed by atoms with Crippen molar-refractivity contribution in [1.82, 2.24) is 0 Å². The van der Waals surface area contributed by atoms with Crippen LogP contribution in [-0.2, 0) is 14.6 Å². The maximum Gasteiger partial charge on any atom is 0.335 e. The quantitative estimate of drug-likeness (QED) is 0.899. The van der Waals surface area contributed by atoms with Gasteiger partial charge in [0.25, 0.3) is 0 Å². The number of carboxylic acids is 1. The number of carboxylic acid groups (broad SMARTS) is 1. The molecule has 0 saturated carbocycles. The smallest absolute Gasteiger partial charge is 0.335 e. The van der Waals surface area contributed by atoms with Crippen LogP contribution in [0.3, 0.4) is 0 Å². The number of rotatable bonds is 5. The summed E-state index contributed by atoms with van der Waals surface area (Å²) >= 11 is 0. The Morgan fingerprint density at radius 1 is 1.29 bits per heavy atom. The second kappa shape index (κ2) is 6.07. The lowest BCUT2D eigenvalue weighted by molar-refractivity contribution is 0.00643. The Hall–Kier alpha value is -1.54. The van der Waals surface area contributed by atoms with E-state index in [1.165, 1.54) is 0 Å². The minimum absolute atomic E-state index is 0.218. The SMILES string of the molecule is CC(C)(C)OCCS(=O)(=O)c1cc(C(=O)O)cc(F)c1F. The third-order valence-electron chi connectivity index (χ3n) is 2.46. The Morgan fingerprint density at radius 3 is 2.33 bits per heavy atom. The van der Waals surface area contributed by atoms with Crippen molar-refractivity contribution in [2.24, 2.45) is 0 Å². The number of ether oxygens (including phenoxy) is 1. The van der Waals surface area contributed by atoms with Crippen molar-refractivity contribution in [3.05, 3.63) is 29.3 Å². The van der Waals surface area contributed by atoms with E-state index in [-0.39, 0.29) is 6.61 Å². The van der Waals surface area contributed by atoms with Gasteiger partial charge in [0.2, 0.25) is 0 Å². The molecule has 0 heterocycles. The fourth-order valence-corrected chi connectivity index (χ4v) is 2.68. The van der Waals surface area contributed by atoms with Crippen LogP contribution in [0.5, 0.6) is 0 Å². The molecule has 0 bridgehead atoms. The van der Waals surface area contributed by atoms with Gasteiger partial charge in [-0.2, -0.15) is 0 Å². The molecule has 0 unspecified atom stereocenters. The molecule has 0 aliphatic carbocycles. The van der Waals surface area contributed by atoms with E-state index in [9.17, 15) is 22.0 Å². The highest BCUT2D eigenvalue weighted by molar-refractivity contribution is 7.91. The normalized spacial score (nSPS) is 12.4. The summed E-state index contributed by atoms with van der Waals surface area (Å²) in [4.78, 5) is 9.81. The number of aromatic carboxylic acids is 1. The molecular formula is C13H16F2O5S. The number of carbonyl (C=O) groups is 1. The van der Waals surface area contributed by atoms with Crippen LogP contribution in [0.15, 0.2) is 17.0 Å². The van der Waals surface area contributed by atoms with E-state index in [0.29, 0.717) is 12.1 Å². The van der Waals surface area contributed by atoms with Crippen LogP contribution in [0.1, 0.15) is 31.1 Å². The highest BCUT2D eigenvalue weighted by Gasteiger charge is 2.25. The van der Waals surface area contributed by atoms with Crippen molar-refractivity contribution in [2.75, 3.05) is 12.4 Å². The lowest BCUT2D eigenvalue weighted by Crippen LogP contribution is -2.24. The lowest BCUT2D eigenvalue weighted by atomic mass is 10.2. The molecule has 5 nitrogen and oxygen atoms in total. The van der Waals surface area contributed by atoms with Crippen LogP contribution in [0.25, 0.3) is 0 Å². The largest absolute Gasteiger partial charge is 0.478 e. The average Bonchev–Trinajstić information content (AvgIpc) is 2.29. The first kappa shape index (κ1) is 17.5. The van der Waals surface area contributed by atoms with Crippen molar-refractivity contribution < 1.29 is 31.8 Å². The van der Waals surface area contributed by atoms with Gasteiger partial charge in [0.05, 0.1) is 23.5 Å². The molecular weight excluding hydrogens is 306 g/mol. The van der Waals surface area contributed by atoms with Crippen molar-refractivity contribution >= 4 is 15.8 Å². The molecule has 0 aliphatic rings. The van der Waals surface area contributed by atoms with Gasteiger partial charge in [0, 0.05) is 0 Å². The molecule has 0 spiro atoms. The zero-order chi connectivity index (χ0) is 16.4. The maximum atomic E-state index is 13.6. The number of hydrogen-bond donors (Lipinski definition) is 1. The summed E-state index contributed by atoms with van der Waals surface area (Å²) in [6.07, 6.45) is 0. The third-order valence-corrected chi connectivity index (χ3v) is 4.14. The van der Waals surface area contributed by atoms with E-state index in [1.54, 1.807) is 20.8 Å². The molecule has 0 saturated heterocycles. The van der Waals surface area contributed by atoms with Gasteiger partial charge in [-0.3, -0.25) is 0 Å². The van der Waals surface area contributed by atoms with E-state index < -0.39 is 49.3 Å². The van der Waals surface area contributed by atoms with Crippen LogP contribution in [0.2, 0.25) is 0 Å². The number of halogens is 2. The molecule has 0 atom stereocenters. The second-order valence-electron chi connectivity index (χ2n) is 5.36. The Labute approximate surface area is 121 Å². The first-order chi connectivity index (χ1) is 9.44. The van der Waals surface area contributed by atoms with Gasteiger partial charge in [0.1, 0.15) is 4.90 Å². The summed E-state index contributed by atoms with van der Waals surface area (Å²) < 4.78 is 56.1. The summed E-state index contributed by atoms with van der Waals surface area (Å²) in [5, 5.41) is 8.76. The number of sulfone groups is 1. The van der Waals surface area contributed by atoms with Crippen molar-refractivity contribution in [3.8, 4) is 0 Å². The summed E-state index contributed by atoms with van der Waals surface area (Å²) in [6.45, 7) is 4.92. The van der Waals surface area contributed by atoms with Crippen LogP contribution >= 0.6 is 0 Å². The molecule has 1 N–H and O–H groups in total. The Morgan fingerprint density at radius 2 is 1.86 bits per heavy atom. The second-order valence-corrected chi connectivity index (χ2v) is 7.43. The molecule has 0 radical (unpaired) electrons. The van der Waals surface area contributed by atoms with Crippen LogP contribution < -0.4 is 0 Å². The highest BCUT2D eigenvalue weighted by atomic mass is 32.2. The maximum absolute atomic E-state index is 13.6. The van der Waals surface area contributed by atoms with Crippen LogP contribution in [-0.4, -0.2) is 37.5 Å². The minimum atomic E-state index is -4.20. The predicted molar refractivity (Wildman–Crippen MR) is 71.1 cm³/mol. The Balaban J connectivity index is 3.11.